The van der Waals surface area contributed by atoms with Gasteiger partial charge in [0, 0.05) is 11.6 Å². The van der Waals surface area contributed by atoms with E-state index >= 15 is 0 Å². The monoisotopic (exact) mass is 437 g/mol. The Hall–Kier alpha value is -4.43. The minimum absolute atomic E-state index is 0.119. The van der Waals surface area contributed by atoms with E-state index < -0.39 is 11.8 Å². The van der Waals surface area contributed by atoms with E-state index in [1.54, 1.807) is 36.4 Å². The summed E-state index contributed by atoms with van der Waals surface area (Å²) in [6, 6.07) is 28.4. The maximum absolute atomic E-state index is 14.5. The molecule has 162 valence electrons. The molecular weight excluding hydrogens is 417 g/mol. The molecule has 0 aliphatic carbocycles. The molecule has 0 fully saturated rings. The molecule has 0 amide bonds. The van der Waals surface area contributed by atoms with Gasteiger partial charge in [-0.15, -0.1) is 0 Å². The van der Waals surface area contributed by atoms with Crippen molar-refractivity contribution in [1.82, 2.24) is 0 Å². The molecule has 0 N–H and O–H groups in total. The highest BCUT2D eigenvalue weighted by Gasteiger charge is 2.11. The summed E-state index contributed by atoms with van der Waals surface area (Å²) < 4.78 is 25.2. The van der Waals surface area contributed by atoms with E-state index in [1.807, 2.05) is 55.5 Å². The number of ether oxygens (including phenoxy) is 2. The Morgan fingerprint density at radius 2 is 1.39 bits per heavy atom. The van der Waals surface area contributed by atoms with Gasteiger partial charge in [-0.2, -0.15) is 5.26 Å². The van der Waals surface area contributed by atoms with Crippen molar-refractivity contribution >= 4 is 5.97 Å². The number of carbonyl (C=O) groups excluding carboxylic acids is 1. The molecule has 4 aromatic rings. The van der Waals surface area contributed by atoms with Gasteiger partial charge in [0.2, 0.25) is 0 Å². The van der Waals surface area contributed by atoms with Gasteiger partial charge in [0.05, 0.1) is 11.6 Å². The van der Waals surface area contributed by atoms with Gasteiger partial charge in [-0.05, 0) is 60.0 Å². The lowest BCUT2D eigenvalue weighted by atomic mass is 10.0. The van der Waals surface area contributed by atoms with Gasteiger partial charge in [0.1, 0.15) is 17.3 Å². The largest absolute Gasteiger partial charge is 0.482 e. The zero-order valence-corrected chi connectivity index (χ0v) is 17.9. The highest BCUT2D eigenvalue weighted by Crippen LogP contribution is 2.27. The van der Waals surface area contributed by atoms with E-state index in [0.717, 1.165) is 22.3 Å². The Kier molecular flexibility index (Phi) is 6.47. The summed E-state index contributed by atoms with van der Waals surface area (Å²) in [5.74, 6) is -0.476. The van der Waals surface area contributed by atoms with Crippen molar-refractivity contribution in [1.29, 1.82) is 5.26 Å². The van der Waals surface area contributed by atoms with Gasteiger partial charge >= 0.3 is 5.97 Å². The molecule has 0 heterocycles. The number of nitrogens with zero attached hydrogens (tertiary/aromatic N) is 1. The molecule has 33 heavy (non-hydrogen) atoms. The van der Waals surface area contributed by atoms with Crippen molar-refractivity contribution in [3.05, 3.63) is 108 Å². The third-order valence-corrected chi connectivity index (χ3v) is 5.09. The molecule has 4 rings (SSSR count). The van der Waals surface area contributed by atoms with Crippen LogP contribution in [0.5, 0.6) is 11.5 Å². The molecule has 5 heteroatoms. The van der Waals surface area contributed by atoms with Gasteiger partial charge in [0.15, 0.2) is 6.61 Å². The fourth-order valence-electron chi connectivity index (χ4n) is 3.31. The van der Waals surface area contributed by atoms with Gasteiger partial charge < -0.3 is 9.47 Å². The lowest BCUT2D eigenvalue weighted by Gasteiger charge is -2.09. The van der Waals surface area contributed by atoms with Gasteiger partial charge in [-0.25, -0.2) is 9.18 Å². The lowest BCUT2D eigenvalue weighted by molar-refractivity contribution is -0.136. The van der Waals surface area contributed by atoms with Gasteiger partial charge in [-0.1, -0.05) is 54.1 Å². The first kappa shape index (κ1) is 21.8. The quantitative estimate of drug-likeness (QED) is 0.261. The van der Waals surface area contributed by atoms with Crippen LogP contribution < -0.4 is 9.47 Å². The number of nitriles is 1. The Morgan fingerprint density at radius 3 is 2.00 bits per heavy atom. The average Bonchev–Trinajstić information content (AvgIpc) is 2.84. The molecule has 0 saturated carbocycles. The van der Waals surface area contributed by atoms with Gasteiger partial charge in [0.25, 0.3) is 0 Å². The van der Waals surface area contributed by atoms with Crippen LogP contribution in [0.4, 0.5) is 4.39 Å². The fourth-order valence-corrected chi connectivity index (χ4v) is 3.31. The van der Waals surface area contributed by atoms with E-state index in [0.29, 0.717) is 16.9 Å². The summed E-state index contributed by atoms with van der Waals surface area (Å²) >= 11 is 0. The summed E-state index contributed by atoms with van der Waals surface area (Å²) in [5.41, 5.74) is 4.81. The van der Waals surface area contributed by atoms with Crippen LogP contribution in [0.1, 0.15) is 11.1 Å². The Labute approximate surface area is 191 Å². The Morgan fingerprint density at radius 1 is 0.818 bits per heavy atom. The summed E-state index contributed by atoms with van der Waals surface area (Å²) in [5, 5.41) is 8.89. The summed E-state index contributed by atoms with van der Waals surface area (Å²) in [4.78, 5) is 12.1. The molecule has 0 saturated heterocycles. The zero-order chi connectivity index (χ0) is 23.2. The average molecular weight is 437 g/mol. The van der Waals surface area contributed by atoms with Crippen LogP contribution in [0.15, 0.2) is 91.0 Å². The minimum atomic E-state index is -0.631. The zero-order valence-electron chi connectivity index (χ0n) is 17.9. The normalized spacial score (nSPS) is 10.3. The van der Waals surface area contributed by atoms with E-state index in [2.05, 4.69) is 6.07 Å². The standard InChI is InChI=1S/C28H20FNO3/c1-19-2-6-23(7-3-19)26-15-14-25(16-27(26)29)33-28(31)18-32-24-12-10-22(11-13-24)21-8-4-20(17-30)5-9-21/h2-16H,18H2,1H3. The van der Waals surface area contributed by atoms with Gasteiger partial charge in [-0.3, -0.25) is 0 Å². The molecule has 4 aromatic carbocycles. The van der Waals surface area contributed by atoms with E-state index in [-0.39, 0.29) is 12.4 Å². The topological polar surface area (TPSA) is 59.3 Å². The van der Waals surface area contributed by atoms with E-state index in [1.165, 1.54) is 6.07 Å². The van der Waals surface area contributed by atoms with Crippen LogP contribution in [0.3, 0.4) is 0 Å². The van der Waals surface area contributed by atoms with Crippen molar-refractivity contribution in [2.45, 2.75) is 6.92 Å². The van der Waals surface area contributed by atoms with Crippen LogP contribution in [-0.4, -0.2) is 12.6 Å². The maximum atomic E-state index is 14.5. The molecule has 0 aromatic heterocycles. The van der Waals surface area contributed by atoms with E-state index in [4.69, 9.17) is 14.7 Å². The number of halogens is 1. The molecular formula is C28H20FNO3. The summed E-state index contributed by atoms with van der Waals surface area (Å²) in [6.45, 7) is 1.66. The van der Waals surface area contributed by atoms with E-state index in [9.17, 15) is 9.18 Å². The van der Waals surface area contributed by atoms with Crippen LogP contribution in [0.2, 0.25) is 0 Å². The number of hydrogen-bond acceptors (Lipinski definition) is 4. The number of hydrogen-bond donors (Lipinski definition) is 0. The molecule has 0 radical (unpaired) electrons. The number of rotatable bonds is 6. The first-order valence-electron chi connectivity index (χ1n) is 10.3. The second-order valence-electron chi connectivity index (χ2n) is 7.48. The second-order valence-corrected chi connectivity index (χ2v) is 7.48. The predicted octanol–water partition coefficient (Wildman–Crippen LogP) is 6.32. The van der Waals surface area contributed by atoms with Crippen molar-refractivity contribution in [2.75, 3.05) is 6.61 Å². The molecule has 0 spiro atoms. The lowest BCUT2D eigenvalue weighted by Crippen LogP contribution is -2.17. The van der Waals surface area contributed by atoms with Crippen LogP contribution in [0.25, 0.3) is 22.3 Å². The molecule has 0 bridgehead atoms. The highest BCUT2D eigenvalue weighted by atomic mass is 19.1. The maximum Gasteiger partial charge on any atom is 0.349 e. The molecule has 0 unspecified atom stereocenters. The third-order valence-electron chi connectivity index (χ3n) is 5.09. The molecule has 4 nitrogen and oxygen atoms in total. The fraction of sp³-hybridized carbons (Fsp3) is 0.0714. The number of carbonyl (C=O) groups is 1. The SMILES string of the molecule is Cc1ccc(-c2ccc(OC(=O)COc3ccc(-c4ccc(C#N)cc4)cc3)cc2F)cc1. The highest BCUT2D eigenvalue weighted by molar-refractivity contribution is 5.75. The molecule has 0 aliphatic heterocycles. The number of aryl methyl sites for hydroxylation is 1. The number of esters is 1. The summed E-state index contributed by atoms with van der Waals surface area (Å²) in [7, 11) is 0. The van der Waals surface area contributed by atoms with Crippen LogP contribution in [0, 0.1) is 24.1 Å². The third kappa shape index (κ3) is 5.44. The van der Waals surface area contributed by atoms with Crippen molar-refractivity contribution in [3.63, 3.8) is 0 Å². The van der Waals surface area contributed by atoms with Crippen LogP contribution in [-0.2, 0) is 4.79 Å². The van der Waals surface area contributed by atoms with Crippen LogP contribution >= 0.6 is 0 Å². The van der Waals surface area contributed by atoms with Crippen molar-refractivity contribution in [2.24, 2.45) is 0 Å². The van der Waals surface area contributed by atoms with Crippen molar-refractivity contribution in [3.8, 4) is 39.8 Å². The summed E-state index contributed by atoms with van der Waals surface area (Å²) in [6.07, 6.45) is 0. The minimum Gasteiger partial charge on any atom is -0.482 e. The molecule has 0 atom stereocenters. The number of benzene rings is 4. The van der Waals surface area contributed by atoms with Crippen molar-refractivity contribution < 1.29 is 18.7 Å². The Balaban J connectivity index is 1.34. The Bertz CT molecular complexity index is 1310. The predicted molar refractivity (Wildman–Crippen MR) is 124 cm³/mol. The first-order valence-corrected chi connectivity index (χ1v) is 10.3. The first-order chi connectivity index (χ1) is 16.0. The smallest absolute Gasteiger partial charge is 0.349 e. The molecule has 0 aliphatic rings. The second kappa shape index (κ2) is 9.80.